The molecule has 3 N–H and O–H groups in total. The second-order valence-electron chi connectivity index (χ2n) is 3.79. The van der Waals surface area contributed by atoms with Crippen molar-refractivity contribution in [2.24, 2.45) is 5.73 Å². The lowest BCUT2D eigenvalue weighted by atomic mass is 10.1. The predicted molar refractivity (Wildman–Crippen MR) is 88.2 cm³/mol. The molecular formula is C12H15I2NO4. The highest BCUT2D eigenvalue weighted by atomic mass is 127. The number of aliphatic hydroxyl groups is 1. The van der Waals surface area contributed by atoms with E-state index in [-0.39, 0.29) is 13.2 Å². The number of esters is 1. The van der Waals surface area contributed by atoms with Crippen LogP contribution < -0.4 is 10.5 Å². The molecule has 0 spiro atoms. The van der Waals surface area contributed by atoms with Gasteiger partial charge in [0.2, 0.25) is 0 Å². The van der Waals surface area contributed by atoms with Crippen LogP contribution in [-0.4, -0.2) is 37.4 Å². The molecule has 1 atom stereocenters. The molecule has 0 saturated heterocycles. The molecule has 1 unspecified atom stereocenters. The number of nitrogens with two attached hydrogens (primary N) is 1. The van der Waals surface area contributed by atoms with Gasteiger partial charge in [-0.1, -0.05) is 0 Å². The number of hydrogen-bond donors (Lipinski definition) is 2. The maximum absolute atomic E-state index is 11.3. The number of benzene rings is 1. The average molecular weight is 491 g/mol. The van der Waals surface area contributed by atoms with E-state index in [2.05, 4.69) is 49.9 Å². The van der Waals surface area contributed by atoms with Gasteiger partial charge >= 0.3 is 5.97 Å². The maximum Gasteiger partial charge on any atom is 0.322 e. The van der Waals surface area contributed by atoms with E-state index in [0.717, 1.165) is 18.5 Å². The van der Waals surface area contributed by atoms with Crippen LogP contribution in [0.4, 0.5) is 0 Å². The van der Waals surface area contributed by atoms with E-state index >= 15 is 0 Å². The van der Waals surface area contributed by atoms with Gasteiger partial charge < -0.3 is 20.3 Å². The minimum absolute atomic E-state index is 0.0267. The Balaban J connectivity index is 2.85. The summed E-state index contributed by atoms with van der Waals surface area (Å²) in [6.07, 6.45) is 0.416. The fourth-order valence-corrected chi connectivity index (χ4v) is 3.71. The molecule has 7 heteroatoms. The second-order valence-corrected chi connectivity index (χ2v) is 6.12. The molecule has 0 saturated carbocycles. The molecule has 0 aliphatic rings. The minimum atomic E-state index is -0.666. The molecule has 0 amide bonds. The van der Waals surface area contributed by atoms with Gasteiger partial charge in [-0.3, -0.25) is 4.79 Å². The van der Waals surface area contributed by atoms with E-state index in [1.807, 2.05) is 12.1 Å². The Hall–Kier alpha value is -0.130. The van der Waals surface area contributed by atoms with Crippen LogP contribution >= 0.6 is 45.2 Å². The monoisotopic (exact) mass is 491 g/mol. The number of methoxy groups -OCH3 is 1. The van der Waals surface area contributed by atoms with Crippen LogP contribution in [0, 0.1) is 7.14 Å². The number of carbonyl (C=O) groups excluding carboxylic acids is 1. The third-order valence-electron chi connectivity index (χ3n) is 2.36. The van der Waals surface area contributed by atoms with Crippen molar-refractivity contribution in [1.82, 2.24) is 0 Å². The SMILES string of the molecule is COC(=O)C(N)Cc1cc(I)c(OCCO)c(I)c1. The first-order valence-corrected chi connectivity index (χ1v) is 7.70. The van der Waals surface area contributed by atoms with Gasteiger partial charge in [-0.15, -0.1) is 0 Å². The third kappa shape index (κ3) is 5.04. The molecule has 0 bridgehead atoms. The lowest BCUT2D eigenvalue weighted by Crippen LogP contribution is -2.33. The van der Waals surface area contributed by atoms with Gasteiger partial charge in [0.25, 0.3) is 0 Å². The Bertz CT molecular complexity index is 430. The zero-order chi connectivity index (χ0) is 14.4. The van der Waals surface area contributed by atoms with Crippen molar-refractivity contribution in [3.05, 3.63) is 24.8 Å². The third-order valence-corrected chi connectivity index (χ3v) is 3.96. The zero-order valence-electron chi connectivity index (χ0n) is 10.4. The Morgan fingerprint density at radius 1 is 1.42 bits per heavy atom. The van der Waals surface area contributed by atoms with E-state index in [1.54, 1.807) is 0 Å². The van der Waals surface area contributed by atoms with Crippen molar-refractivity contribution in [3.8, 4) is 5.75 Å². The summed E-state index contributed by atoms with van der Waals surface area (Å²) in [5.41, 5.74) is 6.68. The first-order chi connectivity index (χ1) is 8.99. The van der Waals surface area contributed by atoms with Crippen molar-refractivity contribution in [2.45, 2.75) is 12.5 Å². The molecule has 0 radical (unpaired) electrons. The highest BCUT2D eigenvalue weighted by Crippen LogP contribution is 2.29. The summed E-state index contributed by atoms with van der Waals surface area (Å²) in [7, 11) is 1.32. The van der Waals surface area contributed by atoms with Gasteiger partial charge in [0.15, 0.2) is 0 Å². The van der Waals surface area contributed by atoms with Gasteiger partial charge in [0.05, 0.1) is 20.9 Å². The highest BCUT2D eigenvalue weighted by molar-refractivity contribution is 14.1. The van der Waals surface area contributed by atoms with Crippen molar-refractivity contribution < 1.29 is 19.4 Å². The van der Waals surface area contributed by atoms with Gasteiger partial charge in [-0.05, 0) is 69.3 Å². The van der Waals surface area contributed by atoms with E-state index in [4.69, 9.17) is 15.6 Å². The normalized spacial score (nSPS) is 12.1. The van der Waals surface area contributed by atoms with Gasteiger partial charge in [0, 0.05) is 0 Å². The first kappa shape index (κ1) is 16.9. The molecule has 0 heterocycles. The molecule has 0 aromatic heterocycles. The first-order valence-electron chi connectivity index (χ1n) is 5.54. The van der Waals surface area contributed by atoms with Crippen molar-refractivity contribution in [3.63, 3.8) is 0 Å². The molecule has 5 nitrogen and oxygen atoms in total. The molecule has 106 valence electrons. The predicted octanol–water partition coefficient (Wildman–Crippen LogP) is 1.31. The number of ether oxygens (including phenoxy) is 2. The fraction of sp³-hybridized carbons (Fsp3) is 0.417. The summed E-state index contributed by atoms with van der Waals surface area (Å²) in [6.45, 7) is 0.230. The minimum Gasteiger partial charge on any atom is -0.489 e. The van der Waals surface area contributed by atoms with Gasteiger partial charge in [-0.2, -0.15) is 0 Å². The summed E-state index contributed by atoms with van der Waals surface area (Å²) in [4.78, 5) is 11.3. The molecule has 1 rings (SSSR count). The standard InChI is InChI=1S/C12H15I2NO4/c1-18-12(17)10(15)6-7-4-8(13)11(9(14)5-7)19-3-2-16/h4-5,10,16H,2-3,6,15H2,1H3. The number of carbonyl (C=O) groups is 1. The van der Waals surface area contributed by atoms with Crippen molar-refractivity contribution in [1.29, 1.82) is 0 Å². The van der Waals surface area contributed by atoms with E-state index in [0.29, 0.717) is 6.42 Å². The van der Waals surface area contributed by atoms with Gasteiger partial charge in [0.1, 0.15) is 18.4 Å². The average Bonchev–Trinajstić information content (AvgIpc) is 2.36. The van der Waals surface area contributed by atoms with Crippen molar-refractivity contribution >= 4 is 51.2 Å². The lowest BCUT2D eigenvalue weighted by Gasteiger charge is -2.13. The molecule has 0 aliphatic carbocycles. The lowest BCUT2D eigenvalue weighted by molar-refractivity contribution is -0.142. The molecule has 0 fully saturated rings. The maximum atomic E-state index is 11.3. The topological polar surface area (TPSA) is 81.8 Å². The summed E-state index contributed by atoms with van der Waals surface area (Å²) < 4.78 is 11.9. The van der Waals surface area contributed by atoms with Crippen LogP contribution in [-0.2, 0) is 16.0 Å². The van der Waals surface area contributed by atoms with Gasteiger partial charge in [-0.25, -0.2) is 0 Å². The molecule has 0 aliphatic heterocycles. The van der Waals surface area contributed by atoms with E-state index in [9.17, 15) is 4.79 Å². The van der Waals surface area contributed by atoms with Crippen LogP contribution in [0.5, 0.6) is 5.75 Å². The van der Waals surface area contributed by atoms with E-state index < -0.39 is 12.0 Å². The fourth-order valence-electron chi connectivity index (χ4n) is 1.50. The number of hydrogen-bond acceptors (Lipinski definition) is 5. The Kier molecular flexibility index (Phi) is 7.32. The summed E-state index contributed by atoms with van der Waals surface area (Å²) in [6, 6.07) is 3.16. The van der Waals surface area contributed by atoms with Crippen LogP contribution in [0.25, 0.3) is 0 Å². The molecule has 19 heavy (non-hydrogen) atoms. The van der Waals surface area contributed by atoms with Crippen molar-refractivity contribution in [2.75, 3.05) is 20.3 Å². The summed E-state index contributed by atoms with van der Waals surface area (Å²) in [5.74, 6) is 0.316. The summed E-state index contributed by atoms with van der Waals surface area (Å²) >= 11 is 4.31. The Morgan fingerprint density at radius 2 is 2.00 bits per heavy atom. The second kappa shape index (κ2) is 8.22. The Labute approximate surface area is 139 Å². The molecular weight excluding hydrogens is 476 g/mol. The number of halogens is 2. The Morgan fingerprint density at radius 3 is 2.47 bits per heavy atom. The van der Waals surface area contributed by atoms with Crippen LogP contribution in [0.15, 0.2) is 12.1 Å². The number of rotatable bonds is 6. The quantitative estimate of drug-likeness (QED) is 0.464. The molecule has 1 aromatic carbocycles. The largest absolute Gasteiger partial charge is 0.489 e. The van der Waals surface area contributed by atoms with Crippen LogP contribution in [0.3, 0.4) is 0 Å². The van der Waals surface area contributed by atoms with Crippen LogP contribution in [0.2, 0.25) is 0 Å². The number of aliphatic hydroxyl groups excluding tert-OH is 1. The van der Waals surface area contributed by atoms with Crippen LogP contribution in [0.1, 0.15) is 5.56 Å². The zero-order valence-corrected chi connectivity index (χ0v) is 14.7. The smallest absolute Gasteiger partial charge is 0.322 e. The summed E-state index contributed by atoms with van der Waals surface area (Å²) in [5, 5.41) is 8.77. The molecule has 1 aromatic rings. The highest BCUT2D eigenvalue weighted by Gasteiger charge is 2.16. The van der Waals surface area contributed by atoms with E-state index in [1.165, 1.54) is 7.11 Å².